The molecule has 0 bridgehead atoms. The van der Waals surface area contributed by atoms with Crippen LogP contribution in [0.15, 0.2) is 42.5 Å². The summed E-state index contributed by atoms with van der Waals surface area (Å²) in [6.07, 6.45) is -0.808. The van der Waals surface area contributed by atoms with Crippen molar-refractivity contribution in [3.8, 4) is 11.5 Å². The summed E-state index contributed by atoms with van der Waals surface area (Å²) in [6, 6.07) is 13.1. The van der Waals surface area contributed by atoms with E-state index in [0.29, 0.717) is 22.2 Å². The summed E-state index contributed by atoms with van der Waals surface area (Å²) in [4.78, 5) is 16.8. The fourth-order valence-corrected chi connectivity index (χ4v) is 3.18. The average molecular weight is 384 g/mol. The minimum atomic E-state index is -0.808. The van der Waals surface area contributed by atoms with Gasteiger partial charge in [-0.25, -0.2) is 9.78 Å². The Morgan fingerprint density at radius 3 is 2.81 bits per heavy atom. The van der Waals surface area contributed by atoms with Crippen LogP contribution in [0.4, 0.5) is 0 Å². The first-order valence-electron chi connectivity index (χ1n) is 8.63. The maximum atomic E-state index is 12.4. The molecule has 6 heteroatoms. The highest BCUT2D eigenvalue weighted by molar-refractivity contribution is 6.30. The molecule has 4 rings (SSSR count). The molecular formula is C21H18ClNO4. The number of fused-ring (bicyclic) bond motifs is 2. The van der Waals surface area contributed by atoms with Gasteiger partial charge in [-0.15, -0.1) is 0 Å². The number of carbonyl (C=O) groups excluding carboxylic acids is 1. The molecule has 3 aromatic rings. The number of para-hydroxylation sites is 2. The van der Waals surface area contributed by atoms with E-state index < -0.39 is 12.1 Å². The van der Waals surface area contributed by atoms with Crippen LogP contribution < -0.4 is 9.47 Å². The molecule has 1 aliphatic heterocycles. The first-order chi connectivity index (χ1) is 13.0. The minimum Gasteiger partial charge on any atom is -0.485 e. The highest BCUT2D eigenvalue weighted by atomic mass is 35.5. The minimum absolute atomic E-state index is 0.0229. The van der Waals surface area contributed by atoms with Gasteiger partial charge >= 0.3 is 5.97 Å². The number of esters is 1. The summed E-state index contributed by atoms with van der Waals surface area (Å²) in [5, 5.41) is 1.29. The summed E-state index contributed by atoms with van der Waals surface area (Å²) in [6.45, 7) is 4.18. The summed E-state index contributed by atoms with van der Waals surface area (Å²) in [5.74, 6) is 0.650. The van der Waals surface area contributed by atoms with Crippen LogP contribution in [0.1, 0.15) is 16.7 Å². The van der Waals surface area contributed by atoms with Crippen LogP contribution in [0, 0.1) is 13.8 Å². The molecule has 1 aliphatic rings. The van der Waals surface area contributed by atoms with Crippen LogP contribution in [-0.2, 0) is 16.1 Å². The standard InChI is InChI=1S/C21H18ClNO4/c1-12-7-8-14-9-15(20(22)23-19(14)13(12)2)10-26-21(24)18-11-25-16-5-3-4-6-17(16)27-18/h3-9,18H,10-11H2,1-2H3. The molecule has 5 nitrogen and oxygen atoms in total. The molecule has 0 spiro atoms. The van der Waals surface area contributed by atoms with Crippen LogP contribution in [0.3, 0.4) is 0 Å². The molecule has 0 aliphatic carbocycles. The van der Waals surface area contributed by atoms with Gasteiger partial charge in [0.25, 0.3) is 0 Å². The maximum absolute atomic E-state index is 12.4. The van der Waals surface area contributed by atoms with E-state index in [0.717, 1.165) is 22.0 Å². The molecular weight excluding hydrogens is 366 g/mol. The number of carbonyl (C=O) groups is 1. The van der Waals surface area contributed by atoms with Crippen molar-refractivity contribution in [2.24, 2.45) is 0 Å². The zero-order chi connectivity index (χ0) is 19.0. The molecule has 0 amide bonds. The normalized spacial score (nSPS) is 15.6. The second kappa shape index (κ2) is 7.08. The number of pyridine rings is 1. The molecule has 0 N–H and O–H groups in total. The third-order valence-electron chi connectivity index (χ3n) is 4.68. The molecule has 1 unspecified atom stereocenters. The molecule has 27 heavy (non-hydrogen) atoms. The molecule has 0 radical (unpaired) electrons. The molecule has 1 aromatic heterocycles. The third kappa shape index (κ3) is 3.43. The van der Waals surface area contributed by atoms with Crippen molar-refractivity contribution in [1.82, 2.24) is 4.98 Å². The van der Waals surface area contributed by atoms with Gasteiger partial charge in [-0.1, -0.05) is 35.9 Å². The first-order valence-corrected chi connectivity index (χ1v) is 9.01. The van der Waals surface area contributed by atoms with Crippen LogP contribution in [0.5, 0.6) is 11.5 Å². The van der Waals surface area contributed by atoms with Crippen molar-refractivity contribution in [3.63, 3.8) is 0 Å². The summed E-state index contributed by atoms with van der Waals surface area (Å²) in [7, 11) is 0. The highest BCUT2D eigenvalue weighted by Gasteiger charge is 2.28. The monoisotopic (exact) mass is 383 g/mol. The van der Waals surface area contributed by atoms with E-state index in [2.05, 4.69) is 4.98 Å². The second-order valence-corrected chi connectivity index (χ2v) is 6.85. The number of aromatic nitrogens is 1. The summed E-state index contributed by atoms with van der Waals surface area (Å²) >= 11 is 6.31. The number of hydrogen-bond donors (Lipinski definition) is 0. The first kappa shape index (κ1) is 17.6. The van der Waals surface area contributed by atoms with Crippen molar-refractivity contribution >= 4 is 28.5 Å². The van der Waals surface area contributed by atoms with E-state index in [4.69, 9.17) is 25.8 Å². The Hall–Kier alpha value is -2.79. The molecule has 0 fully saturated rings. The van der Waals surface area contributed by atoms with Crippen LogP contribution in [0.25, 0.3) is 10.9 Å². The van der Waals surface area contributed by atoms with Crippen LogP contribution in [-0.4, -0.2) is 23.7 Å². The molecule has 2 heterocycles. The number of halogens is 1. The molecule has 0 saturated heterocycles. The zero-order valence-corrected chi connectivity index (χ0v) is 15.7. The molecule has 0 saturated carbocycles. The fraction of sp³-hybridized carbons (Fsp3) is 0.238. The van der Waals surface area contributed by atoms with Crippen molar-refractivity contribution in [3.05, 3.63) is 64.3 Å². The van der Waals surface area contributed by atoms with E-state index in [9.17, 15) is 4.79 Å². The molecule has 1 atom stereocenters. The number of hydrogen-bond acceptors (Lipinski definition) is 5. The Morgan fingerprint density at radius 1 is 1.22 bits per heavy atom. The Morgan fingerprint density at radius 2 is 2.00 bits per heavy atom. The maximum Gasteiger partial charge on any atom is 0.351 e. The molecule has 2 aromatic carbocycles. The Balaban J connectivity index is 1.48. The second-order valence-electron chi connectivity index (χ2n) is 6.49. The van der Waals surface area contributed by atoms with E-state index in [1.54, 1.807) is 12.1 Å². The lowest BCUT2D eigenvalue weighted by Crippen LogP contribution is -2.37. The van der Waals surface area contributed by atoms with Gasteiger partial charge in [0, 0.05) is 10.9 Å². The van der Waals surface area contributed by atoms with Gasteiger partial charge in [0.2, 0.25) is 6.10 Å². The van der Waals surface area contributed by atoms with E-state index in [-0.39, 0.29) is 13.2 Å². The van der Waals surface area contributed by atoms with Gasteiger partial charge in [-0.2, -0.15) is 0 Å². The predicted octanol–water partition coefficient (Wildman–Crippen LogP) is 4.39. The van der Waals surface area contributed by atoms with Gasteiger partial charge in [0.15, 0.2) is 11.5 Å². The van der Waals surface area contributed by atoms with E-state index >= 15 is 0 Å². The van der Waals surface area contributed by atoms with E-state index in [1.165, 1.54) is 0 Å². The Bertz CT molecular complexity index is 1030. The number of benzene rings is 2. The SMILES string of the molecule is Cc1ccc2cc(COC(=O)C3COc4ccccc4O3)c(Cl)nc2c1C. The average Bonchev–Trinajstić information content (AvgIpc) is 2.69. The zero-order valence-electron chi connectivity index (χ0n) is 15.0. The van der Waals surface area contributed by atoms with Crippen molar-refractivity contribution in [2.75, 3.05) is 6.61 Å². The lowest BCUT2D eigenvalue weighted by molar-refractivity contribution is -0.155. The van der Waals surface area contributed by atoms with E-state index in [1.807, 2.05) is 44.2 Å². The van der Waals surface area contributed by atoms with Gasteiger partial charge in [0.05, 0.1) is 5.52 Å². The van der Waals surface area contributed by atoms with Gasteiger partial charge < -0.3 is 14.2 Å². The van der Waals surface area contributed by atoms with Gasteiger partial charge in [-0.3, -0.25) is 0 Å². The number of ether oxygens (including phenoxy) is 3. The van der Waals surface area contributed by atoms with Crippen molar-refractivity contribution < 1.29 is 19.0 Å². The predicted molar refractivity (Wildman–Crippen MR) is 102 cm³/mol. The topological polar surface area (TPSA) is 57.7 Å². The Labute approximate surface area is 161 Å². The van der Waals surface area contributed by atoms with Crippen LogP contribution >= 0.6 is 11.6 Å². The lowest BCUT2D eigenvalue weighted by atomic mass is 10.0. The van der Waals surface area contributed by atoms with Gasteiger partial charge in [0.1, 0.15) is 18.4 Å². The lowest BCUT2D eigenvalue weighted by Gasteiger charge is -2.25. The summed E-state index contributed by atoms with van der Waals surface area (Å²) < 4.78 is 16.6. The number of rotatable bonds is 3. The smallest absolute Gasteiger partial charge is 0.351 e. The number of nitrogens with zero attached hydrogens (tertiary/aromatic N) is 1. The largest absolute Gasteiger partial charge is 0.485 e. The number of aryl methyl sites for hydroxylation is 2. The quantitative estimate of drug-likeness (QED) is 0.496. The van der Waals surface area contributed by atoms with Gasteiger partial charge in [-0.05, 0) is 43.2 Å². The van der Waals surface area contributed by atoms with Crippen molar-refractivity contribution in [1.29, 1.82) is 0 Å². The highest BCUT2D eigenvalue weighted by Crippen LogP contribution is 2.31. The molecule has 138 valence electrons. The third-order valence-corrected chi connectivity index (χ3v) is 5.01. The fourth-order valence-electron chi connectivity index (χ4n) is 2.98. The summed E-state index contributed by atoms with van der Waals surface area (Å²) in [5.41, 5.74) is 3.75. The van der Waals surface area contributed by atoms with Crippen molar-refractivity contribution in [2.45, 2.75) is 26.6 Å². The van der Waals surface area contributed by atoms with Crippen LogP contribution in [0.2, 0.25) is 5.15 Å². The Kier molecular flexibility index (Phi) is 4.62.